The Bertz CT molecular complexity index is 538. The fourth-order valence-corrected chi connectivity index (χ4v) is 1.73. The maximum Gasteiger partial charge on any atom is 0.339 e. The molecule has 0 bridgehead atoms. The number of carbonyl (C=O) groups is 1. The third-order valence-corrected chi connectivity index (χ3v) is 2.52. The van der Waals surface area contributed by atoms with Crippen molar-refractivity contribution in [3.63, 3.8) is 0 Å². The number of benzene rings is 1. The Kier molecular flexibility index (Phi) is 3.05. The topological polar surface area (TPSA) is 76.2 Å². The Hall–Kier alpha value is -2.36. The summed E-state index contributed by atoms with van der Waals surface area (Å²) in [5.41, 5.74) is 7.40. The lowest BCUT2D eigenvalue weighted by Crippen LogP contribution is -2.09. The molecule has 4 nitrogen and oxygen atoms in total. The number of aromatic carboxylic acids is 1. The molecule has 0 spiro atoms. The molecular weight excluding hydrogens is 216 g/mol. The highest BCUT2D eigenvalue weighted by Crippen LogP contribution is 2.18. The molecule has 2 aromatic rings. The van der Waals surface area contributed by atoms with Crippen molar-refractivity contribution < 1.29 is 9.90 Å². The normalized spacial score (nSPS) is 10.1. The maximum atomic E-state index is 11.1. The Balaban J connectivity index is 2.40. The molecule has 0 unspecified atom stereocenters. The van der Waals surface area contributed by atoms with Crippen LogP contribution in [-0.2, 0) is 6.42 Å². The number of carboxylic acid groups (broad SMARTS) is 1. The second-order valence-corrected chi connectivity index (χ2v) is 3.70. The standard InChI is InChI=1S/C13H12N2O2/c14-12-11(13(16)17)10(6-7-15-12)8-9-4-2-1-3-5-9/h1-7H,8H2,(H2,14,15)(H,16,17). The van der Waals surface area contributed by atoms with E-state index in [1.54, 1.807) is 6.07 Å². The molecule has 1 aromatic heterocycles. The minimum atomic E-state index is -1.04. The molecule has 86 valence electrons. The minimum absolute atomic E-state index is 0.0610. The summed E-state index contributed by atoms with van der Waals surface area (Å²) in [6.07, 6.45) is 2.06. The van der Waals surface area contributed by atoms with E-state index in [2.05, 4.69) is 4.98 Å². The number of carboxylic acids is 1. The van der Waals surface area contributed by atoms with Crippen molar-refractivity contribution >= 4 is 11.8 Å². The van der Waals surface area contributed by atoms with Crippen LogP contribution in [0, 0.1) is 0 Å². The average Bonchev–Trinajstić information content (AvgIpc) is 2.30. The van der Waals surface area contributed by atoms with Gasteiger partial charge in [-0.3, -0.25) is 0 Å². The van der Waals surface area contributed by atoms with Crippen LogP contribution in [0.3, 0.4) is 0 Å². The Morgan fingerprint density at radius 3 is 2.59 bits per heavy atom. The van der Waals surface area contributed by atoms with Gasteiger partial charge in [-0.25, -0.2) is 9.78 Å². The summed E-state index contributed by atoms with van der Waals surface area (Å²) >= 11 is 0. The summed E-state index contributed by atoms with van der Waals surface area (Å²) in [5, 5.41) is 9.10. The van der Waals surface area contributed by atoms with E-state index in [1.807, 2.05) is 30.3 Å². The predicted octanol–water partition coefficient (Wildman–Crippen LogP) is 1.95. The molecule has 0 aliphatic rings. The molecule has 0 radical (unpaired) electrons. The number of anilines is 1. The van der Waals surface area contributed by atoms with Crippen molar-refractivity contribution in [2.75, 3.05) is 5.73 Å². The van der Waals surface area contributed by atoms with Gasteiger partial charge in [0.2, 0.25) is 0 Å². The molecule has 0 fully saturated rings. The molecular formula is C13H12N2O2. The van der Waals surface area contributed by atoms with Crippen LogP contribution in [0.25, 0.3) is 0 Å². The zero-order chi connectivity index (χ0) is 12.3. The van der Waals surface area contributed by atoms with E-state index in [-0.39, 0.29) is 11.4 Å². The number of hydrogen-bond donors (Lipinski definition) is 2. The minimum Gasteiger partial charge on any atom is -0.478 e. The molecule has 0 atom stereocenters. The maximum absolute atomic E-state index is 11.1. The van der Waals surface area contributed by atoms with Gasteiger partial charge in [-0.05, 0) is 23.6 Å². The number of nitrogens with two attached hydrogens (primary N) is 1. The van der Waals surface area contributed by atoms with Crippen molar-refractivity contribution in [3.05, 3.63) is 59.3 Å². The summed E-state index contributed by atoms with van der Waals surface area (Å²) in [5.74, 6) is -0.979. The molecule has 1 heterocycles. The number of hydrogen-bond acceptors (Lipinski definition) is 3. The van der Waals surface area contributed by atoms with Crippen LogP contribution in [0.1, 0.15) is 21.5 Å². The summed E-state index contributed by atoms with van der Waals surface area (Å²) in [7, 11) is 0. The van der Waals surface area contributed by atoms with E-state index < -0.39 is 5.97 Å². The Morgan fingerprint density at radius 2 is 1.94 bits per heavy atom. The van der Waals surface area contributed by atoms with Crippen LogP contribution in [0.5, 0.6) is 0 Å². The van der Waals surface area contributed by atoms with Gasteiger partial charge in [0.1, 0.15) is 11.4 Å². The van der Waals surface area contributed by atoms with Crippen molar-refractivity contribution in [1.29, 1.82) is 0 Å². The monoisotopic (exact) mass is 228 g/mol. The highest BCUT2D eigenvalue weighted by Gasteiger charge is 2.14. The molecule has 17 heavy (non-hydrogen) atoms. The van der Waals surface area contributed by atoms with E-state index in [0.29, 0.717) is 12.0 Å². The van der Waals surface area contributed by atoms with Crippen LogP contribution in [-0.4, -0.2) is 16.1 Å². The molecule has 0 amide bonds. The van der Waals surface area contributed by atoms with Gasteiger partial charge in [0.15, 0.2) is 0 Å². The van der Waals surface area contributed by atoms with Crippen molar-refractivity contribution in [1.82, 2.24) is 4.98 Å². The van der Waals surface area contributed by atoms with Gasteiger partial charge >= 0.3 is 5.97 Å². The molecule has 0 saturated heterocycles. The first-order valence-corrected chi connectivity index (χ1v) is 5.19. The quantitative estimate of drug-likeness (QED) is 0.841. The SMILES string of the molecule is Nc1nccc(Cc2ccccc2)c1C(=O)O. The Morgan fingerprint density at radius 1 is 1.24 bits per heavy atom. The lowest BCUT2D eigenvalue weighted by Gasteiger charge is -2.07. The van der Waals surface area contributed by atoms with E-state index in [4.69, 9.17) is 10.8 Å². The highest BCUT2D eigenvalue weighted by atomic mass is 16.4. The number of rotatable bonds is 3. The summed E-state index contributed by atoms with van der Waals surface area (Å²) in [4.78, 5) is 14.9. The fraction of sp³-hybridized carbons (Fsp3) is 0.0769. The average molecular weight is 228 g/mol. The third-order valence-electron chi connectivity index (χ3n) is 2.52. The van der Waals surface area contributed by atoms with Gasteiger partial charge in [0, 0.05) is 6.20 Å². The van der Waals surface area contributed by atoms with Crippen LogP contribution >= 0.6 is 0 Å². The molecule has 0 saturated carbocycles. The van der Waals surface area contributed by atoms with E-state index in [0.717, 1.165) is 5.56 Å². The van der Waals surface area contributed by atoms with Gasteiger partial charge in [-0.15, -0.1) is 0 Å². The van der Waals surface area contributed by atoms with Crippen LogP contribution in [0.15, 0.2) is 42.6 Å². The van der Waals surface area contributed by atoms with Gasteiger partial charge in [-0.1, -0.05) is 30.3 Å². The largest absolute Gasteiger partial charge is 0.478 e. The summed E-state index contributed by atoms with van der Waals surface area (Å²) < 4.78 is 0. The highest BCUT2D eigenvalue weighted by molar-refractivity contribution is 5.94. The Labute approximate surface area is 98.7 Å². The number of aromatic nitrogens is 1. The number of pyridine rings is 1. The van der Waals surface area contributed by atoms with E-state index >= 15 is 0 Å². The van der Waals surface area contributed by atoms with Crippen molar-refractivity contribution in [2.24, 2.45) is 0 Å². The van der Waals surface area contributed by atoms with Gasteiger partial charge in [-0.2, -0.15) is 0 Å². The predicted molar refractivity (Wildman–Crippen MR) is 64.9 cm³/mol. The molecule has 4 heteroatoms. The van der Waals surface area contributed by atoms with Gasteiger partial charge in [0.25, 0.3) is 0 Å². The molecule has 0 aliphatic heterocycles. The second-order valence-electron chi connectivity index (χ2n) is 3.70. The third kappa shape index (κ3) is 2.42. The first-order chi connectivity index (χ1) is 8.18. The lowest BCUT2D eigenvalue weighted by atomic mass is 10.0. The zero-order valence-corrected chi connectivity index (χ0v) is 9.13. The molecule has 3 N–H and O–H groups in total. The number of nitrogens with zero attached hydrogens (tertiary/aromatic N) is 1. The van der Waals surface area contributed by atoms with Crippen LogP contribution in [0.4, 0.5) is 5.82 Å². The van der Waals surface area contributed by atoms with Gasteiger partial charge < -0.3 is 10.8 Å². The van der Waals surface area contributed by atoms with Crippen LogP contribution < -0.4 is 5.73 Å². The van der Waals surface area contributed by atoms with Crippen LogP contribution in [0.2, 0.25) is 0 Å². The zero-order valence-electron chi connectivity index (χ0n) is 9.13. The van der Waals surface area contributed by atoms with Gasteiger partial charge in [0.05, 0.1) is 0 Å². The summed E-state index contributed by atoms with van der Waals surface area (Å²) in [6, 6.07) is 11.3. The fourth-order valence-electron chi connectivity index (χ4n) is 1.73. The van der Waals surface area contributed by atoms with E-state index in [1.165, 1.54) is 6.20 Å². The molecule has 1 aromatic carbocycles. The smallest absolute Gasteiger partial charge is 0.339 e. The first-order valence-electron chi connectivity index (χ1n) is 5.19. The lowest BCUT2D eigenvalue weighted by molar-refractivity contribution is 0.0696. The first kappa shape index (κ1) is 11.1. The molecule has 0 aliphatic carbocycles. The summed E-state index contributed by atoms with van der Waals surface area (Å²) in [6.45, 7) is 0. The van der Waals surface area contributed by atoms with Crippen molar-refractivity contribution in [2.45, 2.75) is 6.42 Å². The second kappa shape index (κ2) is 4.65. The van der Waals surface area contributed by atoms with E-state index in [9.17, 15) is 4.79 Å². The number of nitrogen functional groups attached to an aromatic ring is 1. The van der Waals surface area contributed by atoms with Crippen molar-refractivity contribution in [3.8, 4) is 0 Å². The molecule has 2 rings (SSSR count).